The third kappa shape index (κ3) is 3.30. The van der Waals surface area contributed by atoms with Crippen LogP contribution in [0.15, 0.2) is 30.6 Å². The van der Waals surface area contributed by atoms with Crippen LogP contribution in [0.2, 0.25) is 5.02 Å². The number of carbonyl (C=O) groups excluding carboxylic acids is 1. The minimum absolute atomic E-state index is 0.0791. The molecule has 5 N–H and O–H groups in total. The Kier molecular flexibility index (Phi) is 4.97. The molecule has 33 heavy (non-hydrogen) atoms. The van der Waals surface area contributed by atoms with Crippen molar-refractivity contribution in [2.45, 2.75) is 30.7 Å². The smallest absolute Gasteiger partial charge is 0.258 e. The van der Waals surface area contributed by atoms with E-state index in [1.165, 1.54) is 11.0 Å². The van der Waals surface area contributed by atoms with Crippen molar-refractivity contribution in [3.05, 3.63) is 52.6 Å². The van der Waals surface area contributed by atoms with Crippen LogP contribution in [0.3, 0.4) is 0 Å². The van der Waals surface area contributed by atoms with Crippen molar-refractivity contribution in [3.8, 4) is 11.1 Å². The second-order valence-electron chi connectivity index (χ2n) is 9.05. The zero-order chi connectivity index (χ0) is 23.5. The maximum absolute atomic E-state index is 15.6. The van der Waals surface area contributed by atoms with Gasteiger partial charge in [-0.3, -0.25) is 9.48 Å². The summed E-state index contributed by atoms with van der Waals surface area (Å²) in [7, 11) is 3.11. The molecule has 0 bridgehead atoms. The standard InChI is InChI=1S/C23H25ClFN7O/c1-31(2)22(33)17-15(26)4-3-13(20(17)25)14-10-28-21-18(19(14)24)23(11-29-21)7-5-12(9-23)32-8-6-16(27)30-32/h3-4,6,8,10,12H,5,7,9,11,26H2,1-2H3,(H2,27,30)(H,28,29)/t12-,23-/m1/s1. The number of hydrogen-bond acceptors (Lipinski definition) is 6. The van der Waals surface area contributed by atoms with Gasteiger partial charge in [-0.25, -0.2) is 9.37 Å². The molecule has 0 radical (unpaired) electrons. The van der Waals surface area contributed by atoms with Crippen LogP contribution < -0.4 is 16.8 Å². The number of pyridine rings is 1. The van der Waals surface area contributed by atoms with Gasteiger partial charge in [0.15, 0.2) is 0 Å². The quantitative estimate of drug-likeness (QED) is 0.504. The minimum Gasteiger partial charge on any atom is -0.398 e. The van der Waals surface area contributed by atoms with Gasteiger partial charge in [0, 0.05) is 60.8 Å². The molecule has 5 rings (SSSR count). The van der Waals surface area contributed by atoms with Gasteiger partial charge in [0.05, 0.1) is 16.6 Å². The van der Waals surface area contributed by atoms with E-state index >= 15 is 4.39 Å². The second-order valence-corrected chi connectivity index (χ2v) is 9.43. The first-order valence-corrected chi connectivity index (χ1v) is 11.1. The number of nitrogen functional groups attached to an aromatic ring is 2. The van der Waals surface area contributed by atoms with Crippen LogP contribution in [0.1, 0.15) is 41.2 Å². The van der Waals surface area contributed by atoms with E-state index in [0.29, 0.717) is 28.8 Å². The number of nitrogens with zero attached hydrogens (tertiary/aromatic N) is 4. The molecule has 1 fully saturated rings. The normalized spacial score (nSPS) is 21.3. The van der Waals surface area contributed by atoms with Gasteiger partial charge in [0.2, 0.25) is 0 Å². The molecule has 3 aromatic rings. The Bertz CT molecular complexity index is 1270. The lowest BCUT2D eigenvalue weighted by atomic mass is 9.80. The maximum atomic E-state index is 15.6. The van der Waals surface area contributed by atoms with Crippen LogP contribution in [-0.4, -0.2) is 46.2 Å². The van der Waals surface area contributed by atoms with Crippen molar-refractivity contribution < 1.29 is 9.18 Å². The van der Waals surface area contributed by atoms with Crippen molar-refractivity contribution >= 4 is 34.8 Å². The molecule has 1 saturated carbocycles. The molecular weight excluding hydrogens is 445 g/mol. The Hall–Kier alpha value is -3.33. The number of amides is 1. The summed E-state index contributed by atoms with van der Waals surface area (Å²) in [5, 5.41) is 8.19. The lowest BCUT2D eigenvalue weighted by Crippen LogP contribution is -2.26. The van der Waals surface area contributed by atoms with Gasteiger partial charge in [-0.05, 0) is 37.5 Å². The summed E-state index contributed by atoms with van der Waals surface area (Å²) in [5.74, 6) is -0.00404. The van der Waals surface area contributed by atoms with E-state index in [2.05, 4.69) is 15.4 Å². The minimum atomic E-state index is -0.700. The van der Waals surface area contributed by atoms with Gasteiger partial charge in [-0.1, -0.05) is 11.6 Å². The predicted molar refractivity (Wildman–Crippen MR) is 127 cm³/mol. The van der Waals surface area contributed by atoms with Crippen LogP contribution in [-0.2, 0) is 5.41 Å². The highest BCUT2D eigenvalue weighted by Crippen LogP contribution is 2.54. The summed E-state index contributed by atoms with van der Waals surface area (Å²) in [6.45, 7) is 0.695. The summed E-state index contributed by atoms with van der Waals surface area (Å²) in [6, 6.07) is 5.05. The molecule has 1 aliphatic carbocycles. The van der Waals surface area contributed by atoms with Crippen molar-refractivity contribution in [3.63, 3.8) is 0 Å². The van der Waals surface area contributed by atoms with E-state index in [1.807, 2.05) is 10.9 Å². The number of nitrogens with one attached hydrogen (secondary N) is 1. The van der Waals surface area contributed by atoms with E-state index in [1.54, 1.807) is 32.4 Å². The molecule has 0 saturated heterocycles. The van der Waals surface area contributed by atoms with Gasteiger partial charge in [0.1, 0.15) is 17.5 Å². The molecule has 1 aliphatic heterocycles. The van der Waals surface area contributed by atoms with Gasteiger partial charge >= 0.3 is 0 Å². The highest BCUT2D eigenvalue weighted by atomic mass is 35.5. The van der Waals surface area contributed by atoms with Crippen molar-refractivity contribution in [2.75, 3.05) is 37.4 Å². The van der Waals surface area contributed by atoms with E-state index in [9.17, 15) is 4.79 Å². The van der Waals surface area contributed by atoms with Crippen molar-refractivity contribution in [1.29, 1.82) is 0 Å². The molecule has 1 spiro atoms. The van der Waals surface area contributed by atoms with E-state index in [4.69, 9.17) is 23.1 Å². The summed E-state index contributed by atoms with van der Waals surface area (Å²) < 4.78 is 17.5. The molecular formula is C23H25ClFN7O. The lowest BCUT2D eigenvalue weighted by Gasteiger charge is -2.25. The van der Waals surface area contributed by atoms with E-state index < -0.39 is 11.7 Å². The Labute approximate surface area is 195 Å². The summed E-state index contributed by atoms with van der Waals surface area (Å²) >= 11 is 6.95. The number of nitrogens with two attached hydrogens (primary N) is 2. The van der Waals surface area contributed by atoms with Crippen LogP contribution in [0, 0.1) is 5.82 Å². The first-order valence-electron chi connectivity index (χ1n) is 10.8. The fraction of sp³-hybridized carbons (Fsp3) is 0.348. The Morgan fingerprint density at radius 1 is 1.30 bits per heavy atom. The first kappa shape index (κ1) is 21.5. The highest BCUT2D eigenvalue weighted by molar-refractivity contribution is 6.34. The number of hydrogen-bond donors (Lipinski definition) is 3. The summed E-state index contributed by atoms with van der Waals surface area (Å²) in [6.07, 6.45) is 6.06. The average Bonchev–Trinajstić information content (AvgIpc) is 3.49. The topological polar surface area (TPSA) is 115 Å². The van der Waals surface area contributed by atoms with Crippen LogP contribution in [0.5, 0.6) is 0 Å². The number of rotatable bonds is 3. The van der Waals surface area contributed by atoms with Gasteiger partial charge < -0.3 is 21.7 Å². The molecule has 2 atom stereocenters. The molecule has 1 amide bonds. The maximum Gasteiger partial charge on any atom is 0.258 e. The Morgan fingerprint density at radius 2 is 2.09 bits per heavy atom. The second kappa shape index (κ2) is 7.62. The zero-order valence-electron chi connectivity index (χ0n) is 18.4. The molecule has 8 nitrogen and oxygen atoms in total. The average molecular weight is 470 g/mol. The van der Waals surface area contributed by atoms with E-state index in [0.717, 1.165) is 24.8 Å². The lowest BCUT2D eigenvalue weighted by molar-refractivity contribution is 0.0824. The Balaban J connectivity index is 1.58. The molecule has 172 valence electrons. The third-order valence-electron chi connectivity index (χ3n) is 6.81. The van der Waals surface area contributed by atoms with Crippen LogP contribution >= 0.6 is 11.6 Å². The molecule has 0 unspecified atom stereocenters. The SMILES string of the molecule is CN(C)C(=O)c1c(N)ccc(-c2cnc3c(c2Cl)[C@@]2(CC[C@@H](n4ccc(N)n4)C2)CN3)c1F. The molecule has 10 heteroatoms. The molecule has 3 heterocycles. The molecule has 2 aromatic heterocycles. The van der Waals surface area contributed by atoms with Gasteiger partial charge in [-0.2, -0.15) is 5.10 Å². The van der Waals surface area contributed by atoms with Gasteiger partial charge in [-0.15, -0.1) is 0 Å². The number of anilines is 3. The number of carbonyl (C=O) groups is 1. The fourth-order valence-electron chi connectivity index (χ4n) is 5.14. The van der Waals surface area contributed by atoms with Crippen molar-refractivity contribution in [2.24, 2.45) is 0 Å². The number of halogens is 2. The van der Waals surface area contributed by atoms with Gasteiger partial charge in [0.25, 0.3) is 5.91 Å². The predicted octanol–water partition coefficient (Wildman–Crippen LogP) is 3.69. The number of aromatic nitrogens is 3. The third-order valence-corrected chi connectivity index (χ3v) is 7.20. The van der Waals surface area contributed by atoms with E-state index in [-0.39, 0.29) is 28.3 Å². The molecule has 1 aromatic carbocycles. The Morgan fingerprint density at radius 3 is 2.79 bits per heavy atom. The monoisotopic (exact) mass is 469 g/mol. The van der Waals surface area contributed by atoms with Crippen molar-refractivity contribution in [1.82, 2.24) is 19.7 Å². The largest absolute Gasteiger partial charge is 0.398 e. The fourth-order valence-corrected chi connectivity index (χ4v) is 5.58. The number of benzene rings is 1. The summed E-state index contributed by atoms with van der Waals surface area (Å²) in [5.41, 5.74) is 12.9. The van der Waals surface area contributed by atoms with Crippen LogP contribution in [0.4, 0.5) is 21.7 Å². The highest BCUT2D eigenvalue weighted by Gasteiger charge is 2.48. The first-order chi connectivity index (χ1) is 15.7. The molecule has 2 aliphatic rings. The number of fused-ring (bicyclic) bond motifs is 2. The summed E-state index contributed by atoms with van der Waals surface area (Å²) in [4.78, 5) is 18.4. The van der Waals surface area contributed by atoms with Crippen LogP contribution in [0.25, 0.3) is 11.1 Å². The zero-order valence-corrected chi connectivity index (χ0v) is 19.2.